The Bertz CT molecular complexity index is 286. The summed E-state index contributed by atoms with van der Waals surface area (Å²) in [5.74, 6) is -6.58. The molecule has 0 spiro atoms. The first-order valence-electron chi connectivity index (χ1n) is 6.06. The number of halogens is 5. The van der Waals surface area contributed by atoms with E-state index in [1.165, 1.54) is 0 Å². The third-order valence-corrected chi connectivity index (χ3v) is 3.37. The lowest BCUT2D eigenvalue weighted by molar-refractivity contribution is -0.170. The van der Waals surface area contributed by atoms with Crippen molar-refractivity contribution in [2.24, 2.45) is 11.7 Å². The minimum Gasteiger partial charge on any atom is -0.346 e. The van der Waals surface area contributed by atoms with E-state index in [1.54, 1.807) is 0 Å². The fourth-order valence-corrected chi connectivity index (χ4v) is 2.27. The number of nitrogens with two attached hydrogens (primary N) is 1. The first-order valence-corrected chi connectivity index (χ1v) is 6.06. The summed E-state index contributed by atoms with van der Waals surface area (Å²) in [6.07, 6.45) is 0.520. The van der Waals surface area contributed by atoms with Crippen LogP contribution in [0, 0.1) is 5.92 Å². The van der Waals surface area contributed by atoms with Crippen LogP contribution < -0.4 is 11.1 Å². The first-order chi connectivity index (χ1) is 8.39. The molecule has 1 amide bonds. The van der Waals surface area contributed by atoms with Gasteiger partial charge in [0.2, 0.25) is 0 Å². The van der Waals surface area contributed by atoms with E-state index < -0.39 is 24.3 Å². The number of carbonyl (C=O) groups excluding carboxylic acids is 1. The Kier molecular flexibility index (Phi) is 7.66. The van der Waals surface area contributed by atoms with Gasteiger partial charge in [0.15, 0.2) is 0 Å². The van der Waals surface area contributed by atoms with Crippen LogP contribution in [0.25, 0.3) is 0 Å². The quantitative estimate of drug-likeness (QED) is 0.766. The molecular weight excluding hydrogens is 288 g/mol. The number of nitrogens with one attached hydrogen (secondary N) is 1. The lowest BCUT2D eigenvalue weighted by atomic mass is 9.84. The van der Waals surface area contributed by atoms with Crippen LogP contribution >= 0.6 is 12.4 Å². The Morgan fingerprint density at radius 1 is 1.26 bits per heavy atom. The molecule has 1 saturated carbocycles. The van der Waals surface area contributed by atoms with Crippen molar-refractivity contribution in [3.05, 3.63) is 0 Å². The summed E-state index contributed by atoms with van der Waals surface area (Å²) in [4.78, 5) is 11.1. The van der Waals surface area contributed by atoms with Crippen molar-refractivity contribution in [1.82, 2.24) is 5.32 Å². The van der Waals surface area contributed by atoms with Crippen LogP contribution in [-0.2, 0) is 4.79 Å². The van der Waals surface area contributed by atoms with E-state index >= 15 is 0 Å². The molecule has 1 rings (SSSR count). The summed E-state index contributed by atoms with van der Waals surface area (Å²) in [6, 6.07) is -0.651. The molecule has 0 aromatic heterocycles. The summed E-state index contributed by atoms with van der Waals surface area (Å²) in [5.41, 5.74) is 5.42. The minimum absolute atomic E-state index is 0. The number of hydrogen-bond donors (Lipinski definition) is 2. The summed E-state index contributed by atoms with van der Waals surface area (Å²) in [6.45, 7) is -0.0181. The Balaban J connectivity index is 0.00000324. The lowest BCUT2D eigenvalue weighted by Crippen LogP contribution is -2.53. The molecule has 114 valence electrons. The molecule has 0 aromatic rings. The zero-order valence-corrected chi connectivity index (χ0v) is 11.2. The average molecular weight is 307 g/mol. The Labute approximate surface area is 115 Å². The topological polar surface area (TPSA) is 55.1 Å². The van der Waals surface area contributed by atoms with Gasteiger partial charge in [-0.15, -0.1) is 12.4 Å². The van der Waals surface area contributed by atoms with Gasteiger partial charge in [-0.3, -0.25) is 4.79 Å². The molecule has 1 aliphatic carbocycles. The fraction of sp³-hybridized carbons (Fsp3) is 0.909. The van der Waals surface area contributed by atoms with Gasteiger partial charge in [-0.05, 0) is 18.8 Å². The predicted octanol–water partition coefficient (Wildman–Crippen LogP) is 2.33. The number of amides is 1. The van der Waals surface area contributed by atoms with Gasteiger partial charge in [0.25, 0.3) is 5.91 Å². The van der Waals surface area contributed by atoms with Crippen LogP contribution in [0.15, 0.2) is 0 Å². The summed E-state index contributed by atoms with van der Waals surface area (Å²) < 4.78 is 49.6. The lowest BCUT2D eigenvalue weighted by Gasteiger charge is -2.31. The predicted molar refractivity (Wildman–Crippen MR) is 65.8 cm³/mol. The van der Waals surface area contributed by atoms with E-state index in [0.717, 1.165) is 32.1 Å². The zero-order chi connectivity index (χ0) is 13.8. The molecule has 3 nitrogen and oxygen atoms in total. The van der Waals surface area contributed by atoms with Crippen molar-refractivity contribution in [3.63, 3.8) is 0 Å². The second-order valence-corrected chi connectivity index (χ2v) is 4.64. The molecule has 1 aliphatic rings. The highest BCUT2D eigenvalue weighted by Crippen LogP contribution is 2.28. The van der Waals surface area contributed by atoms with E-state index in [9.17, 15) is 22.4 Å². The second-order valence-electron chi connectivity index (χ2n) is 4.64. The number of alkyl halides is 4. The van der Waals surface area contributed by atoms with E-state index in [2.05, 4.69) is 0 Å². The monoisotopic (exact) mass is 306 g/mol. The smallest absolute Gasteiger partial charge is 0.346 e. The molecule has 0 heterocycles. The third-order valence-electron chi connectivity index (χ3n) is 3.37. The molecule has 1 atom stereocenters. The van der Waals surface area contributed by atoms with Gasteiger partial charge < -0.3 is 11.1 Å². The summed E-state index contributed by atoms with van der Waals surface area (Å²) >= 11 is 0. The zero-order valence-electron chi connectivity index (χ0n) is 10.4. The maximum Gasteiger partial charge on any atom is 0.383 e. The number of carbonyl (C=O) groups is 1. The van der Waals surface area contributed by atoms with Crippen LogP contribution in [0.2, 0.25) is 0 Å². The second kappa shape index (κ2) is 7.89. The highest BCUT2D eigenvalue weighted by Gasteiger charge is 2.49. The molecular formula is C11H19ClF4N2O. The molecule has 0 aromatic carbocycles. The highest BCUT2D eigenvalue weighted by molar-refractivity contribution is 5.85. The first kappa shape index (κ1) is 18.4. The van der Waals surface area contributed by atoms with Crippen LogP contribution in [-0.4, -0.2) is 30.8 Å². The Hall–Kier alpha value is -0.560. The third kappa shape index (κ3) is 4.80. The molecule has 0 aliphatic heterocycles. The van der Waals surface area contributed by atoms with Crippen LogP contribution in [0.3, 0.4) is 0 Å². The summed E-state index contributed by atoms with van der Waals surface area (Å²) in [5, 5.41) is 1.96. The van der Waals surface area contributed by atoms with Crippen molar-refractivity contribution in [2.45, 2.75) is 50.5 Å². The van der Waals surface area contributed by atoms with Gasteiger partial charge in [-0.2, -0.15) is 8.78 Å². The van der Waals surface area contributed by atoms with Crippen molar-refractivity contribution in [3.8, 4) is 0 Å². The maximum atomic E-state index is 12.8. The largest absolute Gasteiger partial charge is 0.383 e. The number of hydrogen-bond acceptors (Lipinski definition) is 2. The highest BCUT2D eigenvalue weighted by atomic mass is 35.5. The average Bonchev–Trinajstić information content (AvgIpc) is 2.36. The van der Waals surface area contributed by atoms with Crippen LogP contribution in [0.1, 0.15) is 32.1 Å². The Morgan fingerprint density at radius 2 is 1.79 bits per heavy atom. The minimum atomic E-state index is -4.65. The number of rotatable bonds is 5. The van der Waals surface area contributed by atoms with E-state index in [-0.39, 0.29) is 24.9 Å². The molecule has 0 saturated heterocycles. The van der Waals surface area contributed by atoms with Crippen molar-refractivity contribution >= 4 is 18.3 Å². The molecule has 0 radical (unpaired) electrons. The normalized spacial score (nSPS) is 18.8. The van der Waals surface area contributed by atoms with Crippen LogP contribution in [0.4, 0.5) is 17.6 Å². The van der Waals surface area contributed by atoms with Gasteiger partial charge >= 0.3 is 12.3 Å². The van der Waals surface area contributed by atoms with E-state index in [1.807, 2.05) is 5.32 Å². The Morgan fingerprint density at radius 3 is 2.21 bits per heavy atom. The van der Waals surface area contributed by atoms with Crippen molar-refractivity contribution < 1.29 is 22.4 Å². The van der Waals surface area contributed by atoms with Gasteiger partial charge in [-0.25, -0.2) is 8.78 Å². The van der Waals surface area contributed by atoms with Gasteiger partial charge in [-0.1, -0.05) is 19.3 Å². The molecule has 1 unspecified atom stereocenters. The molecule has 3 N–H and O–H groups in total. The van der Waals surface area contributed by atoms with Gasteiger partial charge in [0.05, 0.1) is 0 Å². The van der Waals surface area contributed by atoms with E-state index in [4.69, 9.17) is 5.73 Å². The molecule has 0 bridgehead atoms. The van der Waals surface area contributed by atoms with Gasteiger partial charge in [0.1, 0.15) is 0 Å². The maximum absolute atomic E-state index is 12.8. The van der Waals surface area contributed by atoms with Crippen LogP contribution in [0.5, 0.6) is 0 Å². The SMILES string of the molecule is Cl.NCC(NC(=O)C(F)(F)C(F)F)C1CCCCC1. The molecule has 8 heteroatoms. The van der Waals surface area contributed by atoms with Gasteiger partial charge in [0, 0.05) is 12.6 Å². The molecule has 19 heavy (non-hydrogen) atoms. The standard InChI is InChI=1S/C11H18F4N2O.ClH/c12-9(13)11(14,15)10(18)17-8(6-16)7-4-2-1-3-5-7;/h7-9H,1-6,16H2,(H,17,18);1H. The van der Waals surface area contributed by atoms with Crippen molar-refractivity contribution in [2.75, 3.05) is 6.54 Å². The fourth-order valence-electron chi connectivity index (χ4n) is 2.27. The van der Waals surface area contributed by atoms with Crippen molar-refractivity contribution in [1.29, 1.82) is 0 Å². The van der Waals surface area contributed by atoms with E-state index in [0.29, 0.717) is 0 Å². The summed E-state index contributed by atoms with van der Waals surface area (Å²) in [7, 11) is 0. The molecule has 1 fully saturated rings.